The van der Waals surface area contributed by atoms with E-state index in [1.807, 2.05) is 47.2 Å². The topological polar surface area (TPSA) is 61.9 Å². The Bertz CT molecular complexity index is 1380. The molecular weight excluding hydrogens is 510 g/mol. The van der Waals surface area contributed by atoms with Crippen LogP contribution in [0.3, 0.4) is 0 Å². The average Bonchev–Trinajstić information content (AvgIpc) is 2.98. The first-order valence-electron chi connectivity index (χ1n) is 14.7. The van der Waals surface area contributed by atoms with Crippen molar-refractivity contribution in [3.05, 3.63) is 107 Å². The molecule has 3 aromatic carbocycles. The molecule has 0 spiro atoms. The fourth-order valence-electron chi connectivity index (χ4n) is 5.92. The zero-order valence-electron chi connectivity index (χ0n) is 24.4. The molecule has 0 aliphatic carbocycles. The van der Waals surface area contributed by atoms with Gasteiger partial charge in [0.25, 0.3) is 5.91 Å². The van der Waals surface area contributed by atoms with Gasteiger partial charge in [-0.1, -0.05) is 66.7 Å². The number of nitrogens with one attached hydrogen (secondary N) is 1. The number of hydrogen-bond acceptors (Lipinski definition) is 4. The highest BCUT2D eigenvalue weighted by Crippen LogP contribution is 2.34. The summed E-state index contributed by atoms with van der Waals surface area (Å²) in [6, 6.07) is 27.0. The normalized spacial score (nSPS) is 18.3. The van der Waals surface area contributed by atoms with E-state index in [-0.39, 0.29) is 23.9 Å². The molecule has 3 aromatic rings. The molecule has 2 bridgehead atoms. The van der Waals surface area contributed by atoms with Gasteiger partial charge in [0.1, 0.15) is 5.75 Å². The van der Waals surface area contributed by atoms with Crippen LogP contribution in [-0.2, 0) is 22.4 Å². The smallest absolute Gasteiger partial charge is 0.251 e. The molecule has 2 amide bonds. The molecule has 5 rings (SSSR count). The molecule has 0 aromatic heterocycles. The lowest BCUT2D eigenvalue weighted by molar-refractivity contribution is -0.132. The summed E-state index contributed by atoms with van der Waals surface area (Å²) in [5, 5.41) is 3.65. The lowest BCUT2D eigenvalue weighted by atomic mass is 9.82. The first-order chi connectivity index (χ1) is 19.9. The highest BCUT2D eigenvalue weighted by atomic mass is 16.5. The summed E-state index contributed by atoms with van der Waals surface area (Å²) in [7, 11) is 1.88. The van der Waals surface area contributed by atoms with E-state index in [4.69, 9.17) is 4.74 Å². The van der Waals surface area contributed by atoms with Crippen molar-refractivity contribution in [3.8, 4) is 5.75 Å². The summed E-state index contributed by atoms with van der Waals surface area (Å²) < 4.78 is 5.92. The van der Waals surface area contributed by atoms with Crippen LogP contribution in [0, 0.1) is 6.92 Å². The maximum Gasteiger partial charge on any atom is 0.251 e. The summed E-state index contributed by atoms with van der Waals surface area (Å²) in [5.74, 6) is 1.01. The van der Waals surface area contributed by atoms with E-state index in [0.29, 0.717) is 26.2 Å². The number of amides is 2. The summed E-state index contributed by atoms with van der Waals surface area (Å²) >= 11 is 0. The molecule has 214 valence electrons. The predicted octanol–water partition coefficient (Wildman–Crippen LogP) is 5.05. The van der Waals surface area contributed by atoms with Gasteiger partial charge in [0, 0.05) is 45.2 Å². The Labute approximate surface area is 244 Å². The van der Waals surface area contributed by atoms with Gasteiger partial charge in [-0.25, -0.2) is 0 Å². The standard InChI is InChI=1S/C35H41N3O3/c1-25-9-7-13-31(21-25)41-20-8-12-28-14-16-29(17-15-28)32-22-30-23-38(26(2)39)24-33(36-30)34(32)35(40)37(3)19-18-27-10-5-4-6-11-27/h4-7,9-11,13-17,21,30,33,36H,8,12,18-20,22-24H2,1-3H3/t30-,33-/m1/s1. The van der Waals surface area contributed by atoms with Gasteiger partial charge in [0.2, 0.25) is 5.91 Å². The maximum atomic E-state index is 14.0. The molecule has 2 aliphatic rings. The van der Waals surface area contributed by atoms with E-state index >= 15 is 0 Å². The van der Waals surface area contributed by atoms with Crippen molar-refractivity contribution in [1.82, 2.24) is 15.1 Å². The van der Waals surface area contributed by atoms with Crippen LogP contribution in [0.2, 0.25) is 0 Å². The SMILES string of the molecule is CC(=O)N1C[C@H]2CC(c3ccc(CCCOc4cccc(C)c4)cc3)=C(C(=O)N(C)CCc3ccccc3)[C@@H](C1)N2. The van der Waals surface area contributed by atoms with Crippen molar-refractivity contribution in [3.63, 3.8) is 0 Å². The van der Waals surface area contributed by atoms with Gasteiger partial charge < -0.3 is 19.9 Å². The van der Waals surface area contributed by atoms with Crippen molar-refractivity contribution in [2.45, 2.75) is 51.6 Å². The number of benzene rings is 3. The second-order valence-electron chi connectivity index (χ2n) is 11.4. The minimum Gasteiger partial charge on any atom is -0.494 e. The van der Waals surface area contributed by atoms with Crippen molar-refractivity contribution in [2.75, 3.05) is 33.3 Å². The zero-order chi connectivity index (χ0) is 28.8. The van der Waals surface area contributed by atoms with Gasteiger partial charge in [0.15, 0.2) is 0 Å². The fraction of sp³-hybridized carbons (Fsp3) is 0.371. The van der Waals surface area contributed by atoms with Gasteiger partial charge >= 0.3 is 0 Å². The van der Waals surface area contributed by atoms with E-state index in [1.165, 1.54) is 16.7 Å². The molecule has 1 saturated heterocycles. The number of fused-ring (bicyclic) bond motifs is 2. The van der Waals surface area contributed by atoms with Crippen molar-refractivity contribution < 1.29 is 14.3 Å². The molecule has 41 heavy (non-hydrogen) atoms. The number of hydrogen-bond donors (Lipinski definition) is 1. The van der Waals surface area contributed by atoms with Crippen LogP contribution in [0.1, 0.15) is 42.0 Å². The quantitative estimate of drug-likeness (QED) is 0.358. The van der Waals surface area contributed by atoms with Crippen LogP contribution in [0.25, 0.3) is 5.57 Å². The zero-order valence-corrected chi connectivity index (χ0v) is 24.4. The molecule has 0 unspecified atom stereocenters. The molecule has 1 N–H and O–H groups in total. The Morgan fingerprint density at radius 2 is 1.71 bits per heavy atom. The van der Waals surface area contributed by atoms with Crippen molar-refractivity contribution in [2.24, 2.45) is 0 Å². The van der Waals surface area contributed by atoms with E-state index in [0.717, 1.165) is 48.1 Å². The average molecular weight is 552 g/mol. The van der Waals surface area contributed by atoms with E-state index in [2.05, 4.69) is 60.8 Å². The van der Waals surface area contributed by atoms with Gasteiger partial charge in [-0.05, 0) is 72.6 Å². The predicted molar refractivity (Wildman–Crippen MR) is 164 cm³/mol. The van der Waals surface area contributed by atoms with Crippen LogP contribution in [-0.4, -0.2) is 67.0 Å². The van der Waals surface area contributed by atoms with Gasteiger partial charge in [-0.2, -0.15) is 0 Å². The summed E-state index contributed by atoms with van der Waals surface area (Å²) in [4.78, 5) is 29.9. The minimum absolute atomic E-state index is 0.0367. The first-order valence-corrected chi connectivity index (χ1v) is 14.7. The van der Waals surface area contributed by atoms with Gasteiger partial charge in [-0.15, -0.1) is 0 Å². The first kappa shape index (κ1) is 28.6. The number of carbonyl (C=O) groups is 2. The second-order valence-corrected chi connectivity index (χ2v) is 11.4. The maximum absolute atomic E-state index is 14.0. The number of aryl methyl sites for hydroxylation is 2. The molecule has 6 heteroatoms. The molecule has 2 atom stereocenters. The fourth-order valence-corrected chi connectivity index (χ4v) is 5.92. The third-order valence-corrected chi connectivity index (χ3v) is 8.18. The molecule has 6 nitrogen and oxygen atoms in total. The van der Waals surface area contributed by atoms with E-state index in [1.54, 1.807) is 6.92 Å². The lowest BCUT2D eigenvalue weighted by Crippen LogP contribution is -2.61. The summed E-state index contributed by atoms with van der Waals surface area (Å²) in [6.45, 7) is 6.17. The Morgan fingerprint density at radius 1 is 0.951 bits per heavy atom. The van der Waals surface area contributed by atoms with Crippen molar-refractivity contribution in [1.29, 1.82) is 0 Å². The second kappa shape index (κ2) is 13.2. The Balaban J connectivity index is 1.30. The van der Waals surface area contributed by atoms with Crippen LogP contribution in [0.5, 0.6) is 5.75 Å². The Morgan fingerprint density at radius 3 is 2.44 bits per heavy atom. The lowest BCUT2D eigenvalue weighted by Gasteiger charge is -2.44. The van der Waals surface area contributed by atoms with Crippen LogP contribution >= 0.6 is 0 Å². The Hall–Kier alpha value is -3.90. The summed E-state index contributed by atoms with van der Waals surface area (Å²) in [5.41, 5.74) is 6.66. The molecule has 2 aliphatic heterocycles. The molecule has 1 fully saturated rings. The third kappa shape index (κ3) is 7.25. The van der Waals surface area contributed by atoms with Gasteiger partial charge in [0.05, 0.1) is 12.6 Å². The molecule has 0 radical (unpaired) electrons. The van der Waals surface area contributed by atoms with Crippen LogP contribution in [0.4, 0.5) is 0 Å². The highest BCUT2D eigenvalue weighted by Gasteiger charge is 2.39. The largest absolute Gasteiger partial charge is 0.494 e. The molecule has 2 heterocycles. The van der Waals surface area contributed by atoms with Crippen molar-refractivity contribution >= 4 is 17.4 Å². The highest BCUT2D eigenvalue weighted by molar-refractivity contribution is 6.03. The number of carbonyl (C=O) groups excluding carboxylic acids is 2. The number of ether oxygens (including phenoxy) is 1. The van der Waals surface area contributed by atoms with Gasteiger partial charge in [-0.3, -0.25) is 9.59 Å². The molecule has 0 saturated carbocycles. The number of likely N-dealkylation sites (N-methyl/N-ethyl adjacent to an activating group) is 1. The summed E-state index contributed by atoms with van der Waals surface area (Å²) in [6.07, 6.45) is 3.38. The minimum atomic E-state index is -0.175. The number of piperazine rings is 1. The molecular formula is C35H41N3O3. The monoisotopic (exact) mass is 551 g/mol. The van der Waals surface area contributed by atoms with E-state index < -0.39 is 0 Å². The Kier molecular flexibility index (Phi) is 9.20. The van der Waals surface area contributed by atoms with E-state index in [9.17, 15) is 9.59 Å². The van der Waals surface area contributed by atoms with Crippen LogP contribution in [0.15, 0.2) is 84.4 Å². The third-order valence-electron chi connectivity index (χ3n) is 8.18. The number of rotatable bonds is 10. The number of nitrogens with zero attached hydrogens (tertiary/aromatic N) is 2. The van der Waals surface area contributed by atoms with Crippen LogP contribution < -0.4 is 10.1 Å².